The van der Waals surface area contributed by atoms with Crippen LogP contribution in [0.1, 0.15) is 12.8 Å². The zero-order valence-electron chi connectivity index (χ0n) is 13.3. The summed E-state index contributed by atoms with van der Waals surface area (Å²) < 4.78 is 5.57. The fraction of sp³-hybridized carbons (Fsp3) is 0.158. The molecule has 2 aromatic carbocycles. The topological polar surface area (TPSA) is 86.8 Å². The van der Waals surface area contributed by atoms with E-state index in [2.05, 4.69) is 5.16 Å². The number of carbonyl (C=O) groups is 1. The molecule has 1 aliphatic rings. The molecule has 1 heterocycles. The van der Waals surface area contributed by atoms with Crippen molar-refractivity contribution in [2.24, 2.45) is 0 Å². The maximum atomic E-state index is 11.7. The lowest BCUT2D eigenvalue weighted by atomic mass is 10.1. The van der Waals surface area contributed by atoms with Crippen molar-refractivity contribution in [2.75, 3.05) is 4.90 Å². The quantitative estimate of drug-likeness (QED) is 0.696. The van der Waals surface area contributed by atoms with Gasteiger partial charge in [0.05, 0.1) is 0 Å². The molecule has 0 saturated heterocycles. The molecule has 1 aromatic heterocycles. The van der Waals surface area contributed by atoms with Crippen LogP contribution in [0.4, 0.5) is 5.69 Å². The predicted molar refractivity (Wildman–Crippen MR) is 92.3 cm³/mol. The molecule has 1 aliphatic carbocycles. The Morgan fingerprint density at radius 1 is 0.960 bits per heavy atom. The lowest BCUT2D eigenvalue weighted by Gasteiger charge is -2.17. The normalized spacial score (nSPS) is 13.6. The molecule has 2 N–H and O–H groups in total. The Hall–Kier alpha value is -3.28. The summed E-state index contributed by atoms with van der Waals surface area (Å²) >= 11 is 0. The van der Waals surface area contributed by atoms with Gasteiger partial charge in [-0.25, -0.2) is 0 Å². The fourth-order valence-electron chi connectivity index (χ4n) is 2.81. The van der Waals surface area contributed by atoms with E-state index >= 15 is 0 Å². The Morgan fingerprint density at radius 2 is 1.52 bits per heavy atom. The molecule has 0 bridgehead atoms. The largest absolute Gasteiger partial charge is 0.508 e. The molecule has 4 rings (SSSR count). The summed E-state index contributed by atoms with van der Waals surface area (Å²) in [4.78, 5) is 13.4. The second kappa shape index (κ2) is 5.98. The molecule has 1 amide bonds. The number of aromatic hydroxyl groups is 2. The average Bonchev–Trinajstić information content (AvgIpc) is 3.37. The summed E-state index contributed by atoms with van der Waals surface area (Å²) in [5, 5.41) is 23.2. The van der Waals surface area contributed by atoms with Gasteiger partial charge < -0.3 is 19.6 Å². The summed E-state index contributed by atoms with van der Waals surface area (Å²) in [6.07, 6.45) is 2.68. The Morgan fingerprint density at radius 3 is 2.04 bits per heavy atom. The number of rotatable bonds is 5. The Bertz CT molecular complexity index is 833. The maximum absolute atomic E-state index is 11.7. The molecule has 0 unspecified atom stereocenters. The second-order valence-corrected chi connectivity index (χ2v) is 6.05. The third kappa shape index (κ3) is 2.82. The monoisotopic (exact) mass is 336 g/mol. The van der Waals surface area contributed by atoms with Gasteiger partial charge in [0.25, 0.3) is 0 Å². The van der Waals surface area contributed by atoms with Gasteiger partial charge in [0, 0.05) is 17.2 Å². The van der Waals surface area contributed by atoms with Crippen LogP contribution in [-0.4, -0.2) is 27.8 Å². The second-order valence-electron chi connectivity index (χ2n) is 6.05. The number of amides is 1. The van der Waals surface area contributed by atoms with E-state index in [1.165, 1.54) is 0 Å². The van der Waals surface area contributed by atoms with Gasteiger partial charge in [-0.2, -0.15) is 0 Å². The van der Waals surface area contributed by atoms with Gasteiger partial charge in [-0.05, 0) is 61.4 Å². The number of hydrogen-bond acceptors (Lipinski definition) is 5. The van der Waals surface area contributed by atoms with E-state index in [1.807, 2.05) is 0 Å². The third-order valence-corrected chi connectivity index (χ3v) is 4.25. The number of phenols is 2. The van der Waals surface area contributed by atoms with Crippen molar-refractivity contribution < 1.29 is 19.5 Å². The molecule has 3 aromatic rings. The van der Waals surface area contributed by atoms with Crippen LogP contribution in [0.2, 0.25) is 0 Å². The van der Waals surface area contributed by atoms with Crippen molar-refractivity contribution >= 4 is 12.1 Å². The number of nitrogens with zero attached hydrogens (tertiary/aromatic N) is 2. The molecule has 1 saturated carbocycles. The van der Waals surface area contributed by atoms with E-state index in [4.69, 9.17) is 4.52 Å². The summed E-state index contributed by atoms with van der Waals surface area (Å²) in [6, 6.07) is 13.3. The molecule has 1 fully saturated rings. The first-order valence-corrected chi connectivity index (χ1v) is 7.99. The van der Waals surface area contributed by atoms with E-state index < -0.39 is 0 Å². The zero-order chi connectivity index (χ0) is 17.4. The van der Waals surface area contributed by atoms with Crippen LogP contribution in [0.3, 0.4) is 0 Å². The summed E-state index contributed by atoms with van der Waals surface area (Å²) in [5.41, 5.74) is 2.61. The van der Waals surface area contributed by atoms with E-state index in [0.29, 0.717) is 17.1 Å². The Labute approximate surface area is 143 Å². The van der Waals surface area contributed by atoms with Crippen LogP contribution < -0.4 is 4.90 Å². The van der Waals surface area contributed by atoms with Crippen LogP contribution in [-0.2, 0) is 4.79 Å². The van der Waals surface area contributed by atoms with Crippen molar-refractivity contribution in [1.29, 1.82) is 0 Å². The number of aromatic nitrogens is 1. The number of carbonyl (C=O) groups excluding carboxylic acids is 1. The maximum Gasteiger partial charge on any atom is 0.214 e. The van der Waals surface area contributed by atoms with Crippen LogP contribution in [0.15, 0.2) is 53.1 Å². The highest BCUT2D eigenvalue weighted by atomic mass is 16.5. The molecular formula is C19H16N2O4. The van der Waals surface area contributed by atoms with Crippen molar-refractivity contribution in [3.63, 3.8) is 0 Å². The standard InChI is InChI=1S/C19H16N2O4/c22-11-21(14-5-6-14)18-17(12-1-7-15(23)8-2-12)20-25-19(18)13-3-9-16(24)10-4-13/h1-4,7-11,14,23-24H,5-6H2. The predicted octanol–water partition coefficient (Wildman–Crippen LogP) is 3.55. The molecule has 0 aliphatic heterocycles. The van der Waals surface area contributed by atoms with Crippen LogP contribution in [0.5, 0.6) is 11.5 Å². The molecule has 6 heteroatoms. The van der Waals surface area contributed by atoms with Gasteiger partial charge in [-0.3, -0.25) is 4.79 Å². The summed E-state index contributed by atoms with van der Waals surface area (Å²) in [6.45, 7) is 0. The van der Waals surface area contributed by atoms with E-state index in [0.717, 1.165) is 30.4 Å². The highest BCUT2D eigenvalue weighted by Gasteiger charge is 2.35. The first kappa shape index (κ1) is 15.3. The molecular weight excluding hydrogens is 320 g/mol. The molecule has 0 spiro atoms. The lowest BCUT2D eigenvalue weighted by Crippen LogP contribution is -2.24. The molecule has 126 valence electrons. The fourth-order valence-corrected chi connectivity index (χ4v) is 2.81. The van der Waals surface area contributed by atoms with Gasteiger partial charge in [-0.15, -0.1) is 0 Å². The lowest BCUT2D eigenvalue weighted by molar-refractivity contribution is -0.107. The Balaban J connectivity index is 1.88. The third-order valence-electron chi connectivity index (χ3n) is 4.25. The highest BCUT2D eigenvalue weighted by molar-refractivity contribution is 5.94. The highest BCUT2D eigenvalue weighted by Crippen LogP contribution is 2.43. The van der Waals surface area contributed by atoms with Gasteiger partial charge in [0.15, 0.2) is 5.76 Å². The SMILES string of the molecule is O=CN(c1c(-c2ccc(O)cc2)noc1-c1ccc(O)cc1)C1CC1. The van der Waals surface area contributed by atoms with Gasteiger partial charge in [-0.1, -0.05) is 5.16 Å². The molecule has 0 radical (unpaired) electrons. The van der Waals surface area contributed by atoms with Crippen LogP contribution in [0, 0.1) is 0 Å². The summed E-state index contributed by atoms with van der Waals surface area (Å²) in [5.74, 6) is 0.780. The molecule has 25 heavy (non-hydrogen) atoms. The van der Waals surface area contributed by atoms with Crippen molar-refractivity contribution in [1.82, 2.24) is 5.16 Å². The average molecular weight is 336 g/mol. The van der Waals surface area contributed by atoms with Crippen molar-refractivity contribution in [3.8, 4) is 34.1 Å². The number of anilines is 1. The van der Waals surface area contributed by atoms with Gasteiger partial charge in [0.2, 0.25) is 6.41 Å². The van der Waals surface area contributed by atoms with Gasteiger partial charge >= 0.3 is 0 Å². The van der Waals surface area contributed by atoms with E-state index in [1.54, 1.807) is 53.4 Å². The van der Waals surface area contributed by atoms with Crippen molar-refractivity contribution in [3.05, 3.63) is 48.5 Å². The number of hydrogen-bond donors (Lipinski definition) is 2. The molecule has 0 atom stereocenters. The van der Waals surface area contributed by atoms with E-state index in [9.17, 15) is 15.0 Å². The first-order valence-electron chi connectivity index (χ1n) is 7.99. The zero-order valence-corrected chi connectivity index (χ0v) is 13.3. The smallest absolute Gasteiger partial charge is 0.214 e. The van der Waals surface area contributed by atoms with Crippen molar-refractivity contribution in [2.45, 2.75) is 18.9 Å². The number of benzene rings is 2. The summed E-state index contributed by atoms with van der Waals surface area (Å²) in [7, 11) is 0. The minimum atomic E-state index is 0.142. The van der Waals surface area contributed by atoms with Gasteiger partial charge in [0.1, 0.15) is 22.9 Å². The minimum absolute atomic E-state index is 0.142. The van der Waals surface area contributed by atoms with E-state index in [-0.39, 0.29) is 17.5 Å². The first-order chi connectivity index (χ1) is 12.2. The van der Waals surface area contributed by atoms with Crippen LogP contribution in [0.25, 0.3) is 22.6 Å². The van der Waals surface area contributed by atoms with Crippen LogP contribution >= 0.6 is 0 Å². The minimum Gasteiger partial charge on any atom is -0.508 e. The molecule has 6 nitrogen and oxygen atoms in total. The number of phenolic OH excluding ortho intramolecular Hbond substituents is 2. The Kier molecular flexibility index (Phi) is 3.65.